The van der Waals surface area contributed by atoms with Gasteiger partial charge in [-0.25, -0.2) is 13.2 Å². The van der Waals surface area contributed by atoms with Crippen molar-refractivity contribution in [1.29, 1.82) is 0 Å². The van der Waals surface area contributed by atoms with E-state index in [0.29, 0.717) is 11.5 Å². The van der Waals surface area contributed by atoms with E-state index >= 15 is 0 Å². The smallest absolute Gasteiger partial charge is 0.194 e. The zero-order valence-electron chi connectivity index (χ0n) is 11.6. The Kier molecular flexibility index (Phi) is 3.72. The normalized spacial score (nSPS) is 22.1. The lowest BCUT2D eigenvalue weighted by Crippen LogP contribution is -2.20. The average Bonchev–Trinajstić information content (AvgIpc) is 3.27. The average molecular weight is 291 g/mol. The molecule has 0 saturated heterocycles. The van der Waals surface area contributed by atoms with E-state index in [-0.39, 0.29) is 12.0 Å². The summed E-state index contributed by atoms with van der Waals surface area (Å²) >= 11 is 0. The van der Waals surface area contributed by atoms with Gasteiger partial charge in [-0.2, -0.15) is 0 Å². The van der Waals surface area contributed by atoms with Crippen molar-refractivity contribution >= 4 is 0 Å². The number of hydrogen-bond donors (Lipinski definition) is 1. The fraction of sp³-hybridized carbons (Fsp3) is 0.294. The van der Waals surface area contributed by atoms with Gasteiger partial charge >= 0.3 is 0 Å². The molecule has 0 amide bonds. The van der Waals surface area contributed by atoms with Crippen LogP contribution in [0, 0.1) is 23.4 Å². The van der Waals surface area contributed by atoms with Crippen molar-refractivity contribution in [2.24, 2.45) is 5.92 Å². The van der Waals surface area contributed by atoms with E-state index in [2.05, 4.69) is 17.4 Å². The van der Waals surface area contributed by atoms with Crippen LogP contribution >= 0.6 is 0 Å². The molecule has 2 aromatic carbocycles. The minimum Gasteiger partial charge on any atom is -0.313 e. The van der Waals surface area contributed by atoms with Crippen LogP contribution in [0.2, 0.25) is 0 Å². The molecule has 2 aromatic rings. The van der Waals surface area contributed by atoms with E-state index in [1.165, 1.54) is 5.56 Å². The van der Waals surface area contributed by atoms with E-state index in [4.69, 9.17) is 0 Å². The van der Waals surface area contributed by atoms with E-state index in [9.17, 15) is 13.2 Å². The highest BCUT2D eigenvalue weighted by Gasteiger charge is 2.44. The first-order valence-corrected chi connectivity index (χ1v) is 6.98. The molecular weight excluding hydrogens is 275 g/mol. The highest BCUT2D eigenvalue weighted by molar-refractivity contribution is 5.31. The minimum atomic E-state index is -1.41. The largest absolute Gasteiger partial charge is 0.313 e. The van der Waals surface area contributed by atoms with Crippen molar-refractivity contribution in [3.63, 3.8) is 0 Å². The predicted octanol–water partition coefficient (Wildman–Crippen LogP) is 4.17. The monoisotopic (exact) mass is 291 g/mol. The molecule has 3 atom stereocenters. The maximum Gasteiger partial charge on any atom is 0.194 e. The molecule has 1 nitrogen and oxygen atoms in total. The molecule has 3 unspecified atom stereocenters. The fourth-order valence-corrected chi connectivity index (χ4v) is 3.05. The summed E-state index contributed by atoms with van der Waals surface area (Å²) in [6.07, 6.45) is 0.954. The maximum atomic E-state index is 13.4. The first-order chi connectivity index (χ1) is 10.1. The van der Waals surface area contributed by atoms with Gasteiger partial charge in [0, 0.05) is 6.04 Å². The molecule has 0 spiro atoms. The van der Waals surface area contributed by atoms with Crippen LogP contribution in [0.1, 0.15) is 29.5 Å². The molecule has 110 valence electrons. The molecule has 1 saturated carbocycles. The van der Waals surface area contributed by atoms with Gasteiger partial charge in [-0.05, 0) is 48.6 Å². The van der Waals surface area contributed by atoms with Crippen molar-refractivity contribution in [3.8, 4) is 0 Å². The van der Waals surface area contributed by atoms with Crippen molar-refractivity contribution in [2.45, 2.75) is 18.4 Å². The Bertz CT molecular complexity index is 619. The zero-order chi connectivity index (χ0) is 15.0. The van der Waals surface area contributed by atoms with Gasteiger partial charge < -0.3 is 5.32 Å². The second-order valence-corrected chi connectivity index (χ2v) is 5.48. The lowest BCUT2D eigenvalue weighted by atomic mass is 9.98. The summed E-state index contributed by atoms with van der Waals surface area (Å²) in [5.74, 6) is -3.05. The van der Waals surface area contributed by atoms with Gasteiger partial charge in [-0.3, -0.25) is 0 Å². The summed E-state index contributed by atoms with van der Waals surface area (Å²) in [6, 6.07) is 12.0. The minimum absolute atomic E-state index is 0.181. The van der Waals surface area contributed by atoms with Gasteiger partial charge in [0.05, 0.1) is 0 Å². The predicted molar refractivity (Wildman–Crippen MR) is 75.4 cm³/mol. The first kappa shape index (κ1) is 14.1. The second kappa shape index (κ2) is 5.53. The summed E-state index contributed by atoms with van der Waals surface area (Å²) in [5.41, 5.74) is 1.68. The van der Waals surface area contributed by atoms with Crippen LogP contribution in [0.3, 0.4) is 0 Å². The lowest BCUT2D eigenvalue weighted by Gasteiger charge is -2.17. The third kappa shape index (κ3) is 2.68. The molecule has 1 aliphatic rings. The third-order valence-corrected chi connectivity index (χ3v) is 4.17. The SMILES string of the molecule is CNC(c1cc(F)c(F)c(F)c1)C1CC1c1ccccc1. The molecule has 1 aliphatic carbocycles. The molecule has 3 rings (SSSR count). The maximum absolute atomic E-state index is 13.4. The Balaban J connectivity index is 1.84. The number of hydrogen-bond acceptors (Lipinski definition) is 1. The van der Waals surface area contributed by atoms with E-state index < -0.39 is 17.5 Å². The van der Waals surface area contributed by atoms with Crippen LogP contribution in [-0.2, 0) is 0 Å². The Morgan fingerprint density at radius 3 is 2.24 bits per heavy atom. The second-order valence-electron chi connectivity index (χ2n) is 5.48. The number of halogens is 3. The van der Waals surface area contributed by atoms with E-state index in [1.54, 1.807) is 7.05 Å². The van der Waals surface area contributed by atoms with Crippen LogP contribution in [-0.4, -0.2) is 7.05 Å². The Morgan fingerprint density at radius 2 is 1.67 bits per heavy atom. The molecule has 4 heteroatoms. The van der Waals surface area contributed by atoms with Crippen molar-refractivity contribution < 1.29 is 13.2 Å². The van der Waals surface area contributed by atoms with Gasteiger partial charge in [0.25, 0.3) is 0 Å². The molecule has 0 aromatic heterocycles. The van der Waals surface area contributed by atoms with Crippen LogP contribution in [0.25, 0.3) is 0 Å². The quantitative estimate of drug-likeness (QED) is 0.834. The van der Waals surface area contributed by atoms with Crippen molar-refractivity contribution in [3.05, 3.63) is 71.0 Å². The molecule has 1 N–H and O–H groups in total. The molecular formula is C17H16F3N. The summed E-state index contributed by atoms with van der Waals surface area (Å²) in [6.45, 7) is 0. The number of nitrogens with one attached hydrogen (secondary N) is 1. The van der Waals surface area contributed by atoms with Crippen molar-refractivity contribution in [1.82, 2.24) is 5.32 Å². The Labute approximate surface area is 121 Å². The van der Waals surface area contributed by atoms with E-state index in [1.807, 2.05) is 18.2 Å². The van der Waals surface area contributed by atoms with Gasteiger partial charge in [0.15, 0.2) is 17.5 Å². The molecule has 0 heterocycles. The van der Waals surface area contributed by atoms with Gasteiger partial charge in [0.2, 0.25) is 0 Å². The van der Waals surface area contributed by atoms with Crippen LogP contribution in [0.15, 0.2) is 42.5 Å². The third-order valence-electron chi connectivity index (χ3n) is 4.17. The lowest BCUT2D eigenvalue weighted by molar-refractivity contribution is 0.436. The van der Waals surface area contributed by atoms with Crippen LogP contribution in [0.4, 0.5) is 13.2 Å². The van der Waals surface area contributed by atoms with Crippen molar-refractivity contribution in [2.75, 3.05) is 7.05 Å². The summed E-state index contributed by atoms with van der Waals surface area (Å²) in [7, 11) is 1.75. The Hall–Kier alpha value is -1.81. The Morgan fingerprint density at radius 1 is 1.05 bits per heavy atom. The topological polar surface area (TPSA) is 12.0 Å². The first-order valence-electron chi connectivity index (χ1n) is 6.98. The molecule has 0 radical (unpaired) electrons. The van der Waals surface area contributed by atoms with Crippen LogP contribution < -0.4 is 5.32 Å². The van der Waals surface area contributed by atoms with Gasteiger partial charge in [0.1, 0.15) is 0 Å². The molecule has 0 aliphatic heterocycles. The standard InChI is InChI=1S/C17H16F3N/c1-21-17(11-7-14(18)16(20)15(19)8-11)13-9-12(13)10-5-3-2-4-6-10/h2-8,12-13,17,21H,9H2,1H3. The molecule has 0 bridgehead atoms. The summed E-state index contributed by atoms with van der Waals surface area (Å²) < 4.78 is 39.9. The van der Waals surface area contributed by atoms with Gasteiger partial charge in [-0.1, -0.05) is 30.3 Å². The highest BCUT2D eigenvalue weighted by atomic mass is 19.2. The van der Waals surface area contributed by atoms with Gasteiger partial charge in [-0.15, -0.1) is 0 Å². The fourth-order valence-electron chi connectivity index (χ4n) is 3.05. The summed E-state index contributed by atoms with van der Waals surface area (Å²) in [5, 5.41) is 3.10. The highest BCUT2D eigenvalue weighted by Crippen LogP contribution is 2.54. The number of benzene rings is 2. The molecule has 1 fully saturated rings. The van der Waals surface area contributed by atoms with E-state index in [0.717, 1.165) is 18.6 Å². The summed E-state index contributed by atoms with van der Waals surface area (Å²) in [4.78, 5) is 0. The zero-order valence-corrected chi connectivity index (χ0v) is 11.6. The number of rotatable bonds is 4. The molecule has 21 heavy (non-hydrogen) atoms. The van der Waals surface area contributed by atoms with Crippen LogP contribution in [0.5, 0.6) is 0 Å².